The highest BCUT2D eigenvalue weighted by molar-refractivity contribution is 5.88. The first-order valence-corrected chi connectivity index (χ1v) is 7.95. The number of hydrogen-bond donors (Lipinski definition) is 1. The number of carbonyl (C=O) groups is 2. The molecule has 0 bridgehead atoms. The van der Waals surface area contributed by atoms with E-state index >= 15 is 0 Å². The van der Waals surface area contributed by atoms with Gasteiger partial charge in [-0.05, 0) is 25.3 Å². The van der Waals surface area contributed by atoms with Gasteiger partial charge in [0.25, 0.3) is 0 Å². The minimum absolute atomic E-state index is 0.0777. The lowest BCUT2D eigenvalue weighted by atomic mass is 9.95. The second-order valence-electron chi connectivity index (χ2n) is 5.86. The molecule has 1 aromatic rings. The van der Waals surface area contributed by atoms with Crippen LogP contribution in [0.4, 0.5) is 0 Å². The zero-order valence-electron chi connectivity index (χ0n) is 14.0. The van der Waals surface area contributed by atoms with Gasteiger partial charge in [0.05, 0.1) is 6.54 Å². The molecule has 0 aromatic carbocycles. The predicted octanol–water partition coefficient (Wildman–Crippen LogP) is 3.85. The maximum atomic E-state index is 12.3. The van der Waals surface area contributed by atoms with E-state index in [4.69, 9.17) is 9.52 Å². The topological polar surface area (TPSA) is 70.8 Å². The SMILES string of the molecule is CCCCC(CC)CC(=O)N(C)Cc1cc(C(=O)O)c(C)o1. The van der Waals surface area contributed by atoms with Crippen molar-refractivity contribution in [2.75, 3.05) is 7.05 Å². The summed E-state index contributed by atoms with van der Waals surface area (Å²) in [5.41, 5.74) is 0.158. The Kier molecular flexibility index (Phi) is 7.15. The van der Waals surface area contributed by atoms with Crippen molar-refractivity contribution >= 4 is 11.9 Å². The number of furan rings is 1. The Balaban J connectivity index is 2.60. The Labute approximate surface area is 132 Å². The Morgan fingerprint density at radius 1 is 1.36 bits per heavy atom. The van der Waals surface area contributed by atoms with Crippen molar-refractivity contribution in [3.63, 3.8) is 0 Å². The number of nitrogens with zero attached hydrogens (tertiary/aromatic N) is 1. The fraction of sp³-hybridized carbons (Fsp3) is 0.647. The van der Waals surface area contributed by atoms with Crippen LogP contribution in [0.5, 0.6) is 0 Å². The maximum absolute atomic E-state index is 12.3. The van der Waals surface area contributed by atoms with Crippen molar-refractivity contribution in [3.05, 3.63) is 23.2 Å². The summed E-state index contributed by atoms with van der Waals surface area (Å²) in [7, 11) is 1.73. The van der Waals surface area contributed by atoms with Gasteiger partial charge in [0.15, 0.2) is 0 Å². The summed E-state index contributed by atoms with van der Waals surface area (Å²) in [5.74, 6) is 0.369. The highest BCUT2D eigenvalue weighted by atomic mass is 16.4. The highest BCUT2D eigenvalue weighted by Crippen LogP contribution is 2.20. The molecular weight excluding hydrogens is 282 g/mol. The molecule has 1 N–H and O–H groups in total. The van der Waals surface area contributed by atoms with Crippen molar-refractivity contribution in [1.29, 1.82) is 0 Å². The smallest absolute Gasteiger partial charge is 0.339 e. The zero-order chi connectivity index (χ0) is 16.7. The van der Waals surface area contributed by atoms with E-state index in [0.29, 0.717) is 30.4 Å². The number of carbonyl (C=O) groups excluding carboxylic acids is 1. The lowest BCUT2D eigenvalue weighted by Crippen LogP contribution is -2.27. The summed E-state index contributed by atoms with van der Waals surface area (Å²) in [6.45, 7) is 6.19. The molecule has 124 valence electrons. The van der Waals surface area contributed by atoms with E-state index in [-0.39, 0.29) is 11.5 Å². The summed E-state index contributed by atoms with van der Waals surface area (Å²) in [6, 6.07) is 1.50. The van der Waals surface area contributed by atoms with E-state index in [0.717, 1.165) is 25.7 Å². The molecule has 5 heteroatoms. The first kappa shape index (κ1) is 18.3. The molecule has 1 unspecified atom stereocenters. The Morgan fingerprint density at radius 2 is 2.05 bits per heavy atom. The monoisotopic (exact) mass is 309 g/mol. The summed E-state index contributed by atoms with van der Waals surface area (Å²) >= 11 is 0. The van der Waals surface area contributed by atoms with Crippen LogP contribution in [-0.2, 0) is 11.3 Å². The number of carboxylic acids is 1. The van der Waals surface area contributed by atoms with Crippen LogP contribution in [0.25, 0.3) is 0 Å². The third-order valence-electron chi connectivity index (χ3n) is 4.02. The van der Waals surface area contributed by atoms with Crippen LogP contribution in [0.3, 0.4) is 0 Å². The molecular formula is C17H27NO4. The Hall–Kier alpha value is -1.78. The van der Waals surface area contributed by atoms with Crippen LogP contribution in [0.1, 0.15) is 67.8 Å². The molecule has 1 aromatic heterocycles. The molecule has 0 saturated heterocycles. The number of aromatic carboxylic acids is 1. The van der Waals surface area contributed by atoms with E-state index in [1.807, 2.05) is 0 Å². The quantitative estimate of drug-likeness (QED) is 0.752. The number of carboxylic acid groups (broad SMARTS) is 1. The van der Waals surface area contributed by atoms with Crippen LogP contribution in [0, 0.1) is 12.8 Å². The fourth-order valence-electron chi connectivity index (χ4n) is 2.50. The largest absolute Gasteiger partial charge is 0.478 e. The van der Waals surface area contributed by atoms with E-state index < -0.39 is 5.97 Å². The number of hydrogen-bond acceptors (Lipinski definition) is 3. The lowest BCUT2D eigenvalue weighted by Gasteiger charge is -2.20. The molecule has 5 nitrogen and oxygen atoms in total. The molecule has 0 fully saturated rings. The highest BCUT2D eigenvalue weighted by Gasteiger charge is 2.19. The number of amides is 1. The third-order valence-corrected chi connectivity index (χ3v) is 4.02. The van der Waals surface area contributed by atoms with Gasteiger partial charge in [0, 0.05) is 13.5 Å². The van der Waals surface area contributed by atoms with E-state index in [1.54, 1.807) is 18.9 Å². The van der Waals surface area contributed by atoms with E-state index in [1.165, 1.54) is 6.07 Å². The van der Waals surface area contributed by atoms with E-state index in [9.17, 15) is 9.59 Å². The van der Waals surface area contributed by atoms with Gasteiger partial charge in [0.2, 0.25) is 5.91 Å². The van der Waals surface area contributed by atoms with E-state index in [2.05, 4.69) is 13.8 Å². The van der Waals surface area contributed by atoms with Gasteiger partial charge < -0.3 is 14.4 Å². The van der Waals surface area contributed by atoms with Crippen molar-refractivity contribution in [2.24, 2.45) is 5.92 Å². The number of unbranched alkanes of at least 4 members (excludes halogenated alkanes) is 1. The van der Waals surface area contributed by atoms with Gasteiger partial charge in [-0.3, -0.25) is 4.79 Å². The molecule has 1 atom stereocenters. The fourth-order valence-corrected chi connectivity index (χ4v) is 2.50. The molecule has 1 rings (SSSR count). The molecule has 0 aliphatic rings. The van der Waals surface area contributed by atoms with Crippen LogP contribution >= 0.6 is 0 Å². The molecule has 0 saturated carbocycles. The van der Waals surface area contributed by atoms with Crippen molar-refractivity contribution in [3.8, 4) is 0 Å². The summed E-state index contributed by atoms with van der Waals surface area (Å²) in [5, 5.41) is 9.02. The van der Waals surface area contributed by atoms with Gasteiger partial charge in [-0.15, -0.1) is 0 Å². The Bertz CT molecular complexity index is 507. The normalized spacial score (nSPS) is 12.2. The molecule has 1 heterocycles. The van der Waals surface area contributed by atoms with Gasteiger partial charge in [-0.25, -0.2) is 4.79 Å². The molecule has 1 amide bonds. The van der Waals surface area contributed by atoms with Crippen LogP contribution in [0.15, 0.2) is 10.5 Å². The molecule has 0 radical (unpaired) electrons. The minimum Gasteiger partial charge on any atom is -0.478 e. The second kappa shape index (κ2) is 8.61. The Morgan fingerprint density at radius 3 is 2.55 bits per heavy atom. The average Bonchev–Trinajstić information content (AvgIpc) is 2.83. The number of aryl methyl sites for hydroxylation is 1. The third kappa shape index (κ3) is 5.20. The standard InChI is InChI=1S/C17H27NO4/c1-5-7-8-13(6-2)9-16(19)18(4)11-14-10-15(17(20)21)12(3)22-14/h10,13H,5-9,11H2,1-4H3,(H,20,21). The van der Waals surface area contributed by atoms with Gasteiger partial charge in [-0.2, -0.15) is 0 Å². The van der Waals surface area contributed by atoms with Crippen molar-refractivity contribution in [2.45, 2.75) is 59.4 Å². The summed E-state index contributed by atoms with van der Waals surface area (Å²) in [6.07, 6.45) is 4.91. The second-order valence-corrected chi connectivity index (χ2v) is 5.86. The van der Waals surface area contributed by atoms with Gasteiger partial charge >= 0.3 is 5.97 Å². The summed E-state index contributed by atoms with van der Waals surface area (Å²) < 4.78 is 5.42. The predicted molar refractivity (Wildman–Crippen MR) is 84.8 cm³/mol. The average molecular weight is 309 g/mol. The van der Waals surface area contributed by atoms with Gasteiger partial charge in [-0.1, -0.05) is 33.1 Å². The van der Waals surface area contributed by atoms with Crippen LogP contribution < -0.4 is 0 Å². The number of rotatable bonds is 9. The van der Waals surface area contributed by atoms with Crippen LogP contribution in [0.2, 0.25) is 0 Å². The maximum Gasteiger partial charge on any atom is 0.339 e. The van der Waals surface area contributed by atoms with Crippen molar-refractivity contribution < 1.29 is 19.1 Å². The molecule has 22 heavy (non-hydrogen) atoms. The first-order valence-electron chi connectivity index (χ1n) is 7.95. The molecule has 0 spiro atoms. The first-order chi connectivity index (χ1) is 10.4. The van der Waals surface area contributed by atoms with Crippen LogP contribution in [-0.4, -0.2) is 28.9 Å². The molecule has 0 aliphatic carbocycles. The van der Waals surface area contributed by atoms with Gasteiger partial charge in [0.1, 0.15) is 17.1 Å². The zero-order valence-corrected chi connectivity index (χ0v) is 14.0. The summed E-state index contributed by atoms with van der Waals surface area (Å²) in [4.78, 5) is 24.9. The lowest BCUT2D eigenvalue weighted by molar-refractivity contribution is -0.131. The molecule has 0 aliphatic heterocycles. The van der Waals surface area contributed by atoms with Crippen molar-refractivity contribution in [1.82, 2.24) is 4.90 Å². The minimum atomic E-state index is -1.01.